The lowest BCUT2D eigenvalue weighted by molar-refractivity contribution is 0.0947. The Labute approximate surface area is 115 Å². The zero-order valence-corrected chi connectivity index (χ0v) is 11.1. The number of nitrogens with two attached hydrogens (primary N) is 1. The van der Waals surface area contributed by atoms with E-state index in [9.17, 15) is 4.79 Å². The van der Waals surface area contributed by atoms with Crippen molar-refractivity contribution in [3.63, 3.8) is 0 Å². The molecule has 1 amide bonds. The summed E-state index contributed by atoms with van der Waals surface area (Å²) in [6.45, 7) is 2.15. The van der Waals surface area contributed by atoms with Gasteiger partial charge in [0.25, 0.3) is 5.91 Å². The second kappa shape index (κ2) is 5.71. The van der Waals surface area contributed by atoms with Crippen molar-refractivity contribution >= 4 is 23.3 Å². The van der Waals surface area contributed by atoms with Crippen LogP contribution in [0.25, 0.3) is 0 Å². The number of halogens is 1. The van der Waals surface area contributed by atoms with Crippen LogP contribution in [0.5, 0.6) is 0 Å². The molecule has 2 aromatic heterocycles. The Balaban J connectivity index is 2.03. The van der Waals surface area contributed by atoms with Gasteiger partial charge in [-0.3, -0.25) is 4.79 Å². The van der Waals surface area contributed by atoms with Gasteiger partial charge >= 0.3 is 0 Å². The van der Waals surface area contributed by atoms with Crippen LogP contribution < -0.4 is 11.1 Å². The van der Waals surface area contributed by atoms with Crippen LogP contribution in [0, 0.1) is 0 Å². The van der Waals surface area contributed by atoms with Gasteiger partial charge < -0.3 is 15.5 Å². The van der Waals surface area contributed by atoms with E-state index in [1.165, 1.54) is 12.3 Å². The molecule has 0 aromatic carbocycles. The van der Waals surface area contributed by atoms with Crippen molar-refractivity contribution < 1.29 is 9.21 Å². The molecule has 0 unspecified atom stereocenters. The van der Waals surface area contributed by atoms with E-state index >= 15 is 0 Å². The molecule has 0 atom stereocenters. The molecule has 0 radical (unpaired) electrons. The first-order chi connectivity index (χ1) is 9.10. The van der Waals surface area contributed by atoms with Gasteiger partial charge in [0.05, 0.1) is 23.3 Å². The fourth-order valence-electron chi connectivity index (χ4n) is 1.47. The van der Waals surface area contributed by atoms with E-state index in [0.717, 1.165) is 12.2 Å². The van der Waals surface area contributed by atoms with Crippen molar-refractivity contribution in [1.29, 1.82) is 0 Å². The predicted octanol–water partition coefficient (Wildman–Crippen LogP) is 1.80. The van der Waals surface area contributed by atoms with Crippen LogP contribution in [0.1, 0.15) is 28.9 Å². The summed E-state index contributed by atoms with van der Waals surface area (Å²) in [6, 6.07) is 1.42. The van der Waals surface area contributed by atoms with Crippen molar-refractivity contribution in [2.75, 3.05) is 5.73 Å². The molecule has 7 heteroatoms. The molecular weight excluding hydrogens is 268 g/mol. The van der Waals surface area contributed by atoms with Crippen LogP contribution in [0.3, 0.4) is 0 Å². The second-order valence-corrected chi connectivity index (χ2v) is 4.25. The molecule has 3 N–H and O–H groups in total. The minimum Gasteiger partial charge on any atom is -0.444 e. The minimum absolute atomic E-state index is 0.192. The van der Waals surface area contributed by atoms with E-state index in [1.54, 1.807) is 6.20 Å². The summed E-state index contributed by atoms with van der Waals surface area (Å²) in [6.07, 6.45) is 3.73. The Morgan fingerprint density at radius 3 is 2.95 bits per heavy atom. The number of carbonyl (C=O) groups is 1. The van der Waals surface area contributed by atoms with Crippen LogP contribution >= 0.6 is 11.6 Å². The summed E-state index contributed by atoms with van der Waals surface area (Å²) in [5.41, 5.74) is 5.79. The van der Waals surface area contributed by atoms with E-state index in [0.29, 0.717) is 5.89 Å². The van der Waals surface area contributed by atoms with Gasteiger partial charge in [-0.05, 0) is 6.07 Å². The van der Waals surface area contributed by atoms with Crippen molar-refractivity contribution in [2.24, 2.45) is 0 Å². The number of amides is 1. The molecular formula is C12H13ClN4O2. The molecule has 0 spiro atoms. The van der Waals surface area contributed by atoms with Gasteiger partial charge in [-0.1, -0.05) is 18.5 Å². The first-order valence-corrected chi connectivity index (χ1v) is 6.10. The predicted molar refractivity (Wildman–Crippen MR) is 70.7 cm³/mol. The molecule has 2 heterocycles. The maximum absolute atomic E-state index is 11.9. The van der Waals surface area contributed by atoms with Crippen LogP contribution in [0.2, 0.25) is 5.02 Å². The normalized spacial score (nSPS) is 10.4. The standard InChI is InChI=1S/C12H13ClN4O2/c1-2-7-4-16-11(19-7)6-17-12(18)8-3-10(14)15-5-9(8)13/h3-5H,2,6H2,1H3,(H2,14,15)(H,17,18). The van der Waals surface area contributed by atoms with E-state index in [-0.39, 0.29) is 28.9 Å². The first-order valence-electron chi connectivity index (χ1n) is 5.73. The number of carbonyl (C=O) groups excluding carboxylic acids is 1. The van der Waals surface area contributed by atoms with Gasteiger partial charge in [0.2, 0.25) is 5.89 Å². The van der Waals surface area contributed by atoms with Gasteiger partial charge in [0.15, 0.2) is 0 Å². The Morgan fingerprint density at radius 1 is 1.47 bits per heavy atom. The van der Waals surface area contributed by atoms with Crippen molar-refractivity contribution in [1.82, 2.24) is 15.3 Å². The van der Waals surface area contributed by atoms with Crippen LogP contribution in [-0.4, -0.2) is 15.9 Å². The summed E-state index contributed by atoms with van der Waals surface area (Å²) < 4.78 is 5.38. The number of rotatable bonds is 4. The summed E-state index contributed by atoms with van der Waals surface area (Å²) in [5.74, 6) is 1.10. The van der Waals surface area contributed by atoms with E-state index < -0.39 is 0 Å². The lowest BCUT2D eigenvalue weighted by Crippen LogP contribution is -2.23. The third kappa shape index (κ3) is 3.23. The quantitative estimate of drug-likeness (QED) is 0.890. The molecule has 0 aliphatic heterocycles. The summed E-state index contributed by atoms with van der Waals surface area (Å²) in [5, 5.41) is 2.90. The van der Waals surface area contributed by atoms with Gasteiger partial charge in [-0.2, -0.15) is 0 Å². The Morgan fingerprint density at radius 2 is 2.26 bits per heavy atom. The van der Waals surface area contributed by atoms with Gasteiger partial charge in [0.1, 0.15) is 11.6 Å². The summed E-state index contributed by atoms with van der Waals surface area (Å²) in [4.78, 5) is 19.7. The molecule has 0 aliphatic carbocycles. The SMILES string of the molecule is CCc1cnc(CNC(=O)c2cc(N)ncc2Cl)o1. The third-order valence-electron chi connectivity index (χ3n) is 2.47. The minimum atomic E-state index is -0.352. The topological polar surface area (TPSA) is 94.0 Å². The van der Waals surface area contributed by atoms with Gasteiger partial charge in [-0.15, -0.1) is 0 Å². The summed E-state index contributed by atoms with van der Waals surface area (Å²) >= 11 is 5.88. The molecule has 0 fully saturated rings. The number of aromatic nitrogens is 2. The molecule has 2 rings (SSSR count). The fraction of sp³-hybridized carbons (Fsp3) is 0.250. The molecule has 100 valence electrons. The highest BCUT2D eigenvalue weighted by Crippen LogP contribution is 2.16. The molecule has 19 heavy (non-hydrogen) atoms. The Bertz CT molecular complexity index is 597. The van der Waals surface area contributed by atoms with Gasteiger partial charge in [0, 0.05) is 12.6 Å². The molecule has 0 bridgehead atoms. The van der Waals surface area contributed by atoms with Crippen LogP contribution in [0.4, 0.5) is 5.82 Å². The highest BCUT2D eigenvalue weighted by molar-refractivity contribution is 6.33. The third-order valence-corrected chi connectivity index (χ3v) is 2.77. The number of hydrogen-bond acceptors (Lipinski definition) is 5. The zero-order chi connectivity index (χ0) is 13.8. The van der Waals surface area contributed by atoms with Crippen LogP contribution in [0.15, 0.2) is 22.9 Å². The number of nitrogens with one attached hydrogen (secondary N) is 1. The fourth-order valence-corrected chi connectivity index (χ4v) is 1.66. The largest absolute Gasteiger partial charge is 0.444 e. The average molecular weight is 281 g/mol. The lowest BCUT2D eigenvalue weighted by atomic mass is 10.2. The number of nitrogens with zero attached hydrogens (tertiary/aromatic N) is 2. The molecule has 0 saturated carbocycles. The number of pyridine rings is 1. The van der Waals surface area contributed by atoms with Crippen molar-refractivity contribution in [3.8, 4) is 0 Å². The maximum atomic E-state index is 11.9. The maximum Gasteiger partial charge on any atom is 0.253 e. The highest BCUT2D eigenvalue weighted by atomic mass is 35.5. The Kier molecular flexibility index (Phi) is 4.01. The Hall–Kier alpha value is -2.08. The number of nitrogen functional groups attached to an aromatic ring is 1. The highest BCUT2D eigenvalue weighted by Gasteiger charge is 2.12. The van der Waals surface area contributed by atoms with E-state index in [2.05, 4.69) is 15.3 Å². The van der Waals surface area contributed by atoms with Crippen LogP contribution in [-0.2, 0) is 13.0 Å². The van der Waals surface area contributed by atoms with E-state index in [1.807, 2.05) is 6.92 Å². The number of oxazole rings is 1. The summed E-state index contributed by atoms with van der Waals surface area (Å²) in [7, 11) is 0. The number of aryl methyl sites for hydroxylation is 1. The molecule has 0 aliphatic rings. The van der Waals surface area contributed by atoms with Gasteiger partial charge in [-0.25, -0.2) is 9.97 Å². The molecule has 6 nitrogen and oxygen atoms in total. The zero-order valence-electron chi connectivity index (χ0n) is 10.3. The lowest BCUT2D eigenvalue weighted by Gasteiger charge is -2.05. The number of anilines is 1. The molecule has 2 aromatic rings. The average Bonchev–Trinajstić information content (AvgIpc) is 2.87. The number of hydrogen-bond donors (Lipinski definition) is 2. The monoisotopic (exact) mass is 280 g/mol. The smallest absolute Gasteiger partial charge is 0.253 e. The second-order valence-electron chi connectivity index (χ2n) is 3.85. The van der Waals surface area contributed by atoms with E-state index in [4.69, 9.17) is 21.8 Å². The first kappa shape index (κ1) is 13.4. The molecule has 0 saturated heterocycles. The van der Waals surface area contributed by atoms with Crippen molar-refractivity contribution in [3.05, 3.63) is 40.7 Å². The van der Waals surface area contributed by atoms with Crippen molar-refractivity contribution in [2.45, 2.75) is 19.9 Å².